The van der Waals surface area contributed by atoms with Crippen LogP contribution in [0.3, 0.4) is 0 Å². The fourth-order valence-corrected chi connectivity index (χ4v) is 2.48. The van der Waals surface area contributed by atoms with Gasteiger partial charge in [0.25, 0.3) is 0 Å². The van der Waals surface area contributed by atoms with Crippen LogP contribution in [0.1, 0.15) is 23.2 Å². The molecule has 2 N–H and O–H groups in total. The molecule has 0 saturated carbocycles. The van der Waals surface area contributed by atoms with Gasteiger partial charge in [0.2, 0.25) is 5.95 Å². The molecule has 0 amide bonds. The van der Waals surface area contributed by atoms with Gasteiger partial charge >= 0.3 is 5.97 Å². The average molecular weight is 328 g/mol. The molecular formula is C17H20N4O3. The number of esters is 1. The van der Waals surface area contributed by atoms with Gasteiger partial charge in [0.05, 0.1) is 18.8 Å². The minimum absolute atomic E-state index is 0.252. The maximum absolute atomic E-state index is 11.4. The number of nitrogens with zero attached hydrogens (tertiary/aromatic N) is 2. The molecule has 126 valence electrons. The van der Waals surface area contributed by atoms with E-state index in [0.717, 1.165) is 37.5 Å². The lowest BCUT2D eigenvalue weighted by atomic mass is 10.2. The summed E-state index contributed by atoms with van der Waals surface area (Å²) in [6.07, 6.45) is 4.14. The summed E-state index contributed by atoms with van der Waals surface area (Å²) >= 11 is 0. The summed E-state index contributed by atoms with van der Waals surface area (Å²) in [5.74, 6) is 0.866. The van der Waals surface area contributed by atoms with Crippen molar-refractivity contribution in [2.45, 2.75) is 18.9 Å². The molecule has 1 aromatic heterocycles. The Labute approximate surface area is 140 Å². The zero-order chi connectivity index (χ0) is 16.8. The second-order valence-corrected chi connectivity index (χ2v) is 5.48. The predicted octanol–water partition coefficient (Wildman–Crippen LogP) is 2.60. The number of hydrogen-bond donors (Lipinski definition) is 2. The van der Waals surface area contributed by atoms with E-state index >= 15 is 0 Å². The molecule has 24 heavy (non-hydrogen) atoms. The van der Waals surface area contributed by atoms with Crippen LogP contribution >= 0.6 is 0 Å². The monoisotopic (exact) mass is 328 g/mol. The fraction of sp³-hybridized carbons (Fsp3) is 0.353. The molecule has 0 radical (unpaired) electrons. The van der Waals surface area contributed by atoms with Crippen LogP contribution in [0, 0.1) is 0 Å². The molecule has 1 aromatic carbocycles. The van der Waals surface area contributed by atoms with Gasteiger partial charge in [0.15, 0.2) is 0 Å². The van der Waals surface area contributed by atoms with Crippen molar-refractivity contribution in [1.82, 2.24) is 9.97 Å². The zero-order valence-corrected chi connectivity index (χ0v) is 13.5. The van der Waals surface area contributed by atoms with E-state index in [1.807, 2.05) is 6.07 Å². The van der Waals surface area contributed by atoms with Crippen molar-refractivity contribution in [3.8, 4) is 0 Å². The Hall–Kier alpha value is -2.67. The minimum Gasteiger partial charge on any atom is -0.465 e. The van der Waals surface area contributed by atoms with Crippen LogP contribution in [-0.2, 0) is 9.47 Å². The second-order valence-electron chi connectivity index (χ2n) is 5.48. The number of aromatic nitrogens is 2. The Morgan fingerprint density at radius 2 is 2.17 bits per heavy atom. The smallest absolute Gasteiger partial charge is 0.337 e. The molecule has 2 aromatic rings. The Balaban J connectivity index is 1.60. The first-order valence-electron chi connectivity index (χ1n) is 7.88. The first-order valence-corrected chi connectivity index (χ1v) is 7.88. The lowest BCUT2D eigenvalue weighted by molar-refractivity contribution is 0.0601. The van der Waals surface area contributed by atoms with Crippen molar-refractivity contribution >= 4 is 23.4 Å². The van der Waals surface area contributed by atoms with Crippen molar-refractivity contribution < 1.29 is 14.3 Å². The van der Waals surface area contributed by atoms with Gasteiger partial charge in [-0.2, -0.15) is 4.98 Å². The molecular weight excluding hydrogens is 308 g/mol. The third-order valence-corrected chi connectivity index (χ3v) is 3.75. The van der Waals surface area contributed by atoms with E-state index in [1.54, 1.807) is 30.5 Å². The predicted molar refractivity (Wildman–Crippen MR) is 90.6 cm³/mol. The lowest BCUT2D eigenvalue weighted by Crippen LogP contribution is -2.19. The van der Waals surface area contributed by atoms with Crippen molar-refractivity contribution in [3.63, 3.8) is 0 Å². The van der Waals surface area contributed by atoms with Crippen LogP contribution in [0.25, 0.3) is 0 Å². The highest BCUT2D eigenvalue weighted by molar-refractivity contribution is 5.89. The minimum atomic E-state index is -0.363. The van der Waals surface area contributed by atoms with Crippen LogP contribution in [0.4, 0.5) is 17.5 Å². The van der Waals surface area contributed by atoms with Gasteiger partial charge in [-0.05, 0) is 43.2 Å². The highest BCUT2D eigenvalue weighted by atomic mass is 16.5. The standard InChI is InChI=1S/C17H20N4O3/c1-23-16(22)12-4-6-13(7-5-12)20-17-18-9-8-15(21-17)19-11-14-3-2-10-24-14/h4-9,14H,2-3,10-11H2,1H3,(H2,18,19,20,21). The first-order chi connectivity index (χ1) is 11.7. The van der Waals surface area contributed by atoms with E-state index in [4.69, 9.17) is 4.74 Å². The number of methoxy groups -OCH3 is 1. The molecule has 1 aliphatic rings. The molecule has 7 nitrogen and oxygen atoms in total. The first kappa shape index (κ1) is 16.2. The van der Waals surface area contributed by atoms with Crippen molar-refractivity contribution in [2.24, 2.45) is 0 Å². The number of benzene rings is 1. The van der Waals surface area contributed by atoms with Gasteiger partial charge in [0.1, 0.15) is 5.82 Å². The van der Waals surface area contributed by atoms with Crippen LogP contribution < -0.4 is 10.6 Å². The summed E-state index contributed by atoms with van der Waals surface area (Å²) in [7, 11) is 1.36. The van der Waals surface area contributed by atoms with E-state index in [9.17, 15) is 4.79 Å². The molecule has 1 unspecified atom stereocenters. The van der Waals surface area contributed by atoms with Crippen LogP contribution in [-0.4, -0.2) is 42.3 Å². The highest BCUT2D eigenvalue weighted by Gasteiger charge is 2.15. The summed E-state index contributed by atoms with van der Waals surface area (Å²) in [6.45, 7) is 1.58. The van der Waals surface area contributed by atoms with Gasteiger partial charge in [-0.25, -0.2) is 9.78 Å². The molecule has 0 aliphatic carbocycles. The van der Waals surface area contributed by atoms with Crippen LogP contribution in [0.5, 0.6) is 0 Å². The van der Waals surface area contributed by atoms with Gasteiger partial charge in [-0.1, -0.05) is 0 Å². The molecule has 7 heteroatoms. The second kappa shape index (κ2) is 7.74. The Morgan fingerprint density at radius 3 is 2.88 bits per heavy atom. The Kier molecular flexibility index (Phi) is 5.22. The number of anilines is 3. The van der Waals surface area contributed by atoms with Crippen molar-refractivity contribution in [3.05, 3.63) is 42.1 Å². The van der Waals surface area contributed by atoms with Crippen LogP contribution in [0.2, 0.25) is 0 Å². The topological polar surface area (TPSA) is 85.4 Å². The largest absolute Gasteiger partial charge is 0.465 e. The number of rotatable bonds is 6. The number of ether oxygens (including phenoxy) is 2. The molecule has 0 bridgehead atoms. The molecule has 3 rings (SSSR count). The number of carbonyl (C=O) groups excluding carboxylic acids is 1. The normalized spacial score (nSPS) is 16.6. The maximum Gasteiger partial charge on any atom is 0.337 e. The van der Waals surface area contributed by atoms with Gasteiger partial charge < -0.3 is 20.1 Å². The van der Waals surface area contributed by atoms with Gasteiger partial charge in [-0.15, -0.1) is 0 Å². The molecule has 1 saturated heterocycles. The lowest BCUT2D eigenvalue weighted by Gasteiger charge is -2.12. The third-order valence-electron chi connectivity index (χ3n) is 3.75. The zero-order valence-electron chi connectivity index (χ0n) is 13.5. The van der Waals surface area contributed by atoms with Gasteiger partial charge in [0, 0.05) is 25.0 Å². The van der Waals surface area contributed by atoms with E-state index in [0.29, 0.717) is 11.5 Å². The Bertz CT molecular complexity index is 684. The summed E-state index contributed by atoms with van der Waals surface area (Å²) in [5, 5.41) is 6.38. The number of carbonyl (C=O) groups is 1. The highest BCUT2D eigenvalue weighted by Crippen LogP contribution is 2.17. The van der Waals surface area contributed by atoms with E-state index < -0.39 is 0 Å². The summed E-state index contributed by atoms with van der Waals surface area (Å²) in [5.41, 5.74) is 1.29. The van der Waals surface area contributed by atoms with E-state index in [-0.39, 0.29) is 12.1 Å². The molecule has 1 aliphatic heterocycles. The summed E-state index contributed by atoms with van der Waals surface area (Å²) in [4.78, 5) is 20.0. The Morgan fingerprint density at radius 1 is 1.33 bits per heavy atom. The van der Waals surface area contributed by atoms with Crippen molar-refractivity contribution in [2.75, 3.05) is 30.9 Å². The van der Waals surface area contributed by atoms with Gasteiger partial charge in [-0.3, -0.25) is 0 Å². The SMILES string of the molecule is COC(=O)c1ccc(Nc2nccc(NCC3CCCO3)n2)cc1. The molecule has 0 spiro atoms. The number of nitrogens with one attached hydrogen (secondary N) is 2. The third kappa shape index (κ3) is 4.20. The average Bonchev–Trinajstić information content (AvgIpc) is 3.14. The van der Waals surface area contributed by atoms with Crippen molar-refractivity contribution in [1.29, 1.82) is 0 Å². The quantitative estimate of drug-likeness (QED) is 0.788. The molecule has 2 heterocycles. The maximum atomic E-state index is 11.4. The summed E-state index contributed by atoms with van der Waals surface area (Å²) < 4.78 is 10.3. The van der Waals surface area contributed by atoms with E-state index in [2.05, 4.69) is 25.3 Å². The fourth-order valence-electron chi connectivity index (χ4n) is 2.48. The van der Waals surface area contributed by atoms with E-state index in [1.165, 1.54) is 7.11 Å². The summed E-state index contributed by atoms with van der Waals surface area (Å²) in [6, 6.07) is 8.76. The number of hydrogen-bond acceptors (Lipinski definition) is 7. The molecule has 1 atom stereocenters. The van der Waals surface area contributed by atoms with Crippen LogP contribution in [0.15, 0.2) is 36.5 Å². The molecule has 1 fully saturated rings.